The Morgan fingerprint density at radius 1 is 1.33 bits per heavy atom. The zero-order chi connectivity index (χ0) is 13.4. The van der Waals surface area contributed by atoms with E-state index >= 15 is 0 Å². The Labute approximate surface area is 108 Å². The van der Waals surface area contributed by atoms with Gasteiger partial charge in [-0.05, 0) is 19.5 Å². The van der Waals surface area contributed by atoms with Crippen LogP contribution in [0.1, 0.15) is 18.9 Å². The van der Waals surface area contributed by atoms with E-state index in [1.165, 1.54) is 5.56 Å². The first-order valence-electron chi connectivity index (χ1n) is 6.06. The summed E-state index contributed by atoms with van der Waals surface area (Å²) in [7, 11) is 1.94. The molecule has 1 aromatic rings. The first-order valence-corrected chi connectivity index (χ1v) is 6.06. The highest BCUT2D eigenvalue weighted by molar-refractivity contribution is 5.98. The summed E-state index contributed by atoms with van der Waals surface area (Å²) in [5, 5.41) is 7.75. The minimum atomic E-state index is -0.324. The van der Waals surface area contributed by atoms with Crippen LogP contribution in [-0.4, -0.2) is 36.8 Å². The molecule has 0 saturated carbocycles. The molecular weight excluding hydrogens is 228 g/mol. The monoisotopic (exact) mass is 248 g/mol. The highest BCUT2D eigenvalue weighted by Gasteiger charge is 2.09. The summed E-state index contributed by atoms with van der Waals surface area (Å²) < 4.78 is 4.81. The summed E-state index contributed by atoms with van der Waals surface area (Å²) >= 11 is 0. The number of carbonyl (C=O) groups excluding carboxylic acids is 1. The van der Waals surface area contributed by atoms with Crippen LogP contribution in [0, 0.1) is 5.41 Å². The first-order chi connectivity index (χ1) is 8.61. The minimum Gasteiger partial charge on any atom is -0.466 e. The van der Waals surface area contributed by atoms with Gasteiger partial charge in [0.05, 0.1) is 13.0 Å². The van der Waals surface area contributed by atoms with Crippen LogP contribution in [0.25, 0.3) is 0 Å². The van der Waals surface area contributed by atoms with Gasteiger partial charge in [0.15, 0.2) is 0 Å². The molecule has 0 saturated heterocycles. The van der Waals surface area contributed by atoms with Crippen molar-refractivity contribution in [3.05, 3.63) is 35.9 Å². The van der Waals surface area contributed by atoms with Crippen molar-refractivity contribution in [3.8, 4) is 0 Å². The van der Waals surface area contributed by atoms with Gasteiger partial charge in [-0.25, -0.2) is 0 Å². The molecule has 1 aromatic carbocycles. The lowest BCUT2D eigenvalue weighted by Crippen LogP contribution is -2.27. The fourth-order valence-corrected chi connectivity index (χ4v) is 1.72. The number of carbonyl (C=O) groups is 1. The van der Waals surface area contributed by atoms with Crippen molar-refractivity contribution in [2.24, 2.45) is 0 Å². The Bertz CT molecular complexity index is 390. The van der Waals surface area contributed by atoms with Crippen LogP contribution in [0.15, 0.2) is 30.3 Å². The van der Waals surface area contributed by atoms with Crippen molar-refractivity contribution in [3.63, 3.8) is 0 Å². The topological polar surface area (TPSA) is 53.4 Å². The van der Waals surface area contributed by atoms with Crippen molar-refractivity contribution in [2.75, 3.05) is 20.2 Å². The van der Waals surface area contributed by atoms with E-state index in [0.29, 0.717) is 18.9 Å². The number of hydrogen-bond donors (Lipinski definition) is 1. The number of hydrogen-bond acceptors (Lipinski definition) is 4. The van der Waals surface area contributed by atoms with E-state index in [4.69, 9.17) is 10.1 Å². The molecule has 0 spiro atoms. The van der Waals surface area contributed by atoms with Crippen molar-refractivity contribution >= 4 is 11.7 Å². The van der Waals surface area contributed by atoms with Gasteiger partial charge in [-0.1, -0.05) is 30.3 Å². The fourth-order valence-electron chi connectivity index (χ4n) is 1.72. The lowest BCUT2D eigenvalue weighted by molar-refractivity contribution is -0.141. The van der Waals surface area contributed by atoms with Crippen LogP contribution >= 0.6 is 0 Å². The molecule has 0 bridgehead atoms. The van der Waals surface area contributed by atoms with E-state index in [9.17, 15) is 4.79 Å². The molecule has 0 amide bonds. The summed E-state index contributed by atoms with van der Waals surface area (Å²) in [6, 6.07) is 10.1. The third-order valence-electron chi connectivity index (χ3n) is 2.42. The second kappa shape index (κ2) is 7.61. The van der Waals surface area contributed by atoms with E-state index in [2.05, 4.69) is 0 Å². The minimum absolute atomic E-state index is 0.0764. The number of ether oxygens (including phenoxy) is 1. The number of nitrogens with one attached hydrogen (secondary N) is 1. The number of rotatable bonds is 7. The fraction of sp³-hybridized carbons (Fsp3) is 0.429. The molecule has 0 radical (unpaired) electrons. The average molecular weight is 248 g/mol. The molecule has 4 nitrogen and oxygen atoms in total. The summed E-state index contributed by atoms with van der Waals surface area (Å²) in [6.45, 7) is 3.38. The lowest BCUT2D eigenvalue weighted by atomic mass is 10.2. The Balaban J connectivity index is 2.34. The zero-order valence-electron chi connectivity index (χ0n) is 11.0. The van der Waals surface area contributed by atoms with Crippen LogP contribution in [0.2, 0.25) is 0 Å². The molecule has 98 valence electrons. The van der Waals surface area contributed by atoms with Gasteiger partial charge in [0, 0.05) is 18.8 Å². The van der Waals surface area contributed by atoms with Gasteiger partial charge in [0.2, 0.25) is 0 Å². The van der Waals surface area contributed by atoms with E-state index in [1.807, 2.05) is 42.3 Å². The molecule has 0 unspecified atom stereocenters. The van der Waals surface area contributed by atoms with Crippen LogP contribution in [-0.2, 0) is 16.1 Å². The molecular formula is C14H20N2O2. The Morgan fingerprint density at radius 2 is 2.00 bits per heavy atom. The van der Waals surface area contributed by atoms with Crippen LogP contribution < -0.4 is 0 Å². The molecule has 0 fully saturated rings. The zero-order valence-corrected chi connectivity index (χ0v) is 11.0. The van der Waals surface area contributed by atoms with Crippen LogP contribution in [0.4, 0.5) is 0 Å². The molecule has 1 N–H and O–H groups in total. The molecule has 1 rings (SSSR count). The van der Waals surface area contributed by atoms with Gasteiger partial charge in [-0.15, -0.1) is 0 Å². The maximum Gasteiger partial charge on any atom is 0.311 e. The smallest absolute Gasteiger partial charge is 0.311 e. The third-order valence-corrected chi connectivity index (χ3v) is 2.42. The summed E-state index contributed by atoms with van der Waals surface area (Å²) in [5.74, 6) is -0.324. The Kier molecular flexibility index (Phi) is 6.08. The number of benzene rings is 1. The molecule has 0 aromatic heterocycles. The van der Waals surface area contributed by atoms with Gasteiger partial charge in [0.25, 0.3) is 0 Å². The normalized spacial score (nSPS) is 10.4. The maximum atomic E-state index is 11.2. The predicted octanol–water partition coefficient (Wildman–Crippen LogP) is 2.09. The molecule has 0 atom stereocenters. The van der Waals surface area contributed by atoms with Gasteiger partial charge >= 0.3 is 5.97 Å². The highest BCUT2D eigenvalue weighted by atomic mass is 16.5. The molecule has 18 heavy (non-hydrogen) atoms. The standard InChI is InChI=1S/C14H20N2O2/c1-3-18-14(17)9-13(15)11-16(2)10-12-7-5-4-6-8-12/h4-8,15H,3,9-11H2,1-2H3. The van der Waals surface area contributed by atoms with E-state index in [-0.39, 0.29) is 12.4 Å². The first kappa shape index (κ1) is 14.4. The second-order valence-corrected chi connectivity index (χ2v) is 4.24. The Hall–Kier alpha value is -1.68. The summed E-state index contributed by atoms with van der Waals surface area (Å²) in [4.78, 5) is 13.2. The molecule has 4 heteroatoms. The molecule has 0 aliphatic heterocycles. The molecule has 0 aliphatic rings. The van der Waals surface area contributed by atoms with Gasteiger partial charge in [0.1, 0.15) is 0 Å². The van der Waals surface area contributed by atoms with Gasteiger partial charge in [-0.2, -0.15) is 0 Å². The van der Waals surface area contributed by atoms with Crippen molar-refractivity contribution in [1.29, 1.82) is 5.41 Å². The SMILES string of the molecule is CCOC(=O)CC(=N)CN(C)Cc1ccccc1. The van der Waals surface area contributed by atoms with Crippen LogP contribution in [0.5, 0.6) is 0 Å². The molecule has 0 aliphatic carbocycles. The summed E-state index contributed by atoms with van der Waals surface area (Å²) in [5.41, 5.74) is 1.58. The van der Waals surface area contributed by atoms with Crippen molar-refractivity contribution in [2.45, 2.75) is 19.9 Å². The number of nitrogens with zero attached hydrogens (tertiary/aromatic N) is 1. The second-order valence-electron chi connectivity index (χ2n) is 4.24. The van der Waals surface area contributed by atoms with Crippen LogP contribution in [0.3, 0.4) is 0 Å². The van der Waals surface area contributed by atoms with Crippen molar-refractivity contribution in [1.82, 2.24) is 4.90 Å². The van der Waals surface area contributed by atoms with Crippen molar-refractivity contribution < 1.29 is 9.53 Å². The lowest BCUT2D eigenvalue weighted by Gasteiger charge is -2.16. The van der Waals surface area contributed by atoms with E-state index < -0.39 is 0 Å². The predicted molar refractivity (Wildman–Crippen MR) is 71.8 cm³/mol. The quantitative estimate of drug-likeness (QED) is 0.594. The number of esters is 1. The van der Waals surface area contributed by atoms with Gasteiger partial charge in [-0.3, -0.25) is 9.69 Å². The summed E-state index contributed by atoms with van der Waals surface area (Å²) in [6.07, 6.45) is 0.0764. The Morgan fingerprint density at radius 3 is 2.61 bits per heavy atom. The average Bonchev–Trinajstić information content (AvgIpc) is 2.29. The van der Waals surface area contributed by atoms with Gasteiger partial charge < -0.3 is 10.1 Å². The largest absolute Gasteiger partial charge is 0.466 e. The maximum absolute atomic E-state index is 11.2. The molecule has 0 heterocycles. The highest BCUT2D eigenvalue weighted by Crippen LogP contribution is 2.03. The third kappa shape index (κ3) is 5.59. The van der Waals surface area contributed by atoms with E-state index in [1.54, 1.807) is 6.92 Å². The van der Waals surface area contributed by atoms with E-state index in [0.717, 1.165) is 6.54 Å².